The molecule has 0 saturated carbocycles. The third-order valence-corrected chi connectivity index (χ3v) is 1.79. The van der Waals surface area contributed by atoms with Gasteiger partial charge in [-0.15, -0.1) is 0 Å². The van der Waals surface area contributed by atoms with Crippen molar-refractivity contribution in [3.05, 3.63) is 0 Å². The van der Waals surface area contributed by atoms with Crippen LogP contribution in [0.25, 0.3) is 0 Å². The Balaban J connectivity index is -0.0000000319. The van der Waals surface area contributed by atoms with Gasteiger partial charge in [-0.1, -0.05) is 0 Å². The number of hydrogen-bond acceptors (Lipinski definition) is 10. The van der Waals surface area contributed by atoms with Gasteiger partial charge in [-0.3, -0.25) is 0 Å². The molecule has 32 heavy (non-hydrogen) atoms. The molecule has 184 valence electrons. The summed E-state index contributed by atoms with van der Waals surface area (Å²) in [5, 5.41) is 78.9. The maximum atomic E-state index is 9.45. The molecule has 10 N–H and O–H groups in total. The Morgan fingerprint density at radius 1 is 0.406 bits per heavy atom. The largest absolute Gasteiger partial charge is 1.00 e. The van der Waals surface area contributed by atoms with Crippen LogP contribution in [0.1, 0.15) is 37.5 Å². The summed E-state index contributed by atoms with van der Waals surface area (Å²) in [7, 11) is 0. The molecule has 5 unspecified atom stereocenters. The zero-order valence-electron chi connectivity index (χ0n) is 20.9. The molecule has 0 radical (unpaired) electrons. The molecular formula is C15H32Na2O15. The van der Waals surface area contributed by atoms with Crippen LogP contribution >= 0.6 is 0 Å². The summed E-state index contributed by atoms with van der Waals surface area (Å²) >= 11 is 0. The van der Waals surface area contributed by atoms with Gasteiger partial charge in [0.15, 0.2) is 0 Å². The molecule has 0 aliphatic heterocycles. The zero-order chi connectivity index (χ0) is 25.8. The normalized spacial score (nSPS) is 12.8. The quantitative estimate of drug-likeness (QED) is 0.157. The first-order chi connectivity index (χ1) is 13.2. The fourth-order valence-corrected chi connectivity index (χ4v) is 0. The van der Waals surface area contributed by atoms with Gasteiger partial charge in [0.05, 0.1) is 0 Å². The minimum atomic E-state index is -1.23. The van der Waals surface area contributed by atoms with Crippen molar-refractivity contribution < 1.29 is 137 Å². The molecule has 0 aliphatic carbocycles. The van der Waals surface area contributed by atoms with Crippen LogP contribution in [0, 0.1) is 0 Å². The Hall–Kier alpha value is -0.850. The summed E-state index contributed by atoms with van der Waals surface area (Å²) in [6, 6.07) is 0. The first kappa shape index (κ1) is 48.6. The van der Waals surface area contributed by atoms with Crippen molar-refractivity contribution in [3.63, 3.8) is 0 Å². The fourth-order valence-electron chi connectivity index (χ4n) is 0. The van der Waals surface area contributed by atoms with Gasteiger partial charge in [-0.05, 0) is 34.6 Å². The van der Waals surface area contributed by atoms with Crippen molar-refractivity contribution >= 4 is 29.8 Å². The molecule has 0 heterocycles. The third-order valence-electron chi connectivity index (χ3n) is 1.79. The number of rotatable bonds is 5. The van der Waals surface area contributed by atoms with Gasteiger partial charge in [0, 0.05) is 0 Å². The fraction of sp³-hybridized carbons (Fsp3) is 0.667. The van der Waals surface area contributed by atoms with Crippen molar-refractivity contribution in [2.45, 2.75) is 65.1 Å². The molecule has 0 bridgehead atoms. The van der Waals surface area contributed by atoms with E-state index in [1.54, 1.807) is 0 Å². The van der Waals surface area contributed by atoms with E-state index in [0.29, 0.717) is 0 Å². The number of carboxylic acid groups (broad SMARTS) is 5. The third kappa shape index (κ3) is 63.0. The van der Waals surface area contributed by atoms with E-state index in [1.807, 2.05) is 0 Å². The van der Waals surface area contributed by atoms with Crippen molar-refractivity contribution in [2.24, 2.45) is 0 Å². The van der Waals surface area contributed by atoms with Gasteiger partial charge in [0.25, 0.3) is 0 Å². The Bertz CT molecular complexity index is 412. The molecule has 0 aromatic rings. The number of carbonyl (C=O) groups is 5. The second kappa shape index (κ2) is 30.1. The van der Waals surface area contributed by atoms with Crippen LogP contribution in [0.3, 0.4) is 0 Å². The minimum Gasteiger partial charge on any atom is -1.00 e. The smallest absolute Gasteiger partial charge is 1.00 e. The van der Waals surface area contributed by atoms with Gasteiger partial charge in [0.2, 0.25) is 0 Å². The molecule has 0 aliphatic rings. The van der Waals surface area contributed by atoms with E-state index >= 15 is 0 Å². The summed E-state index contributed by atoms with van der Waals surface area (Å²) in [4.78, 5) is 47.2. The number of aliphatic carboxylic acids is 5. The summed E-state index contributed by atoms with van der Waals surface area (Å²) in [6.45, 7) is 5.98. The summed E-state index contributed by atoms with van der Waals surface area (Å²) in [5.74, 6) is -5.93. The number of aliphatic hydroxyl groups is 5. The summed E-state index contributed by atoms with van der Waals surface area (Å²) in [6.07, 6.45) is -6.16. The van der Waals surface area contributed by atoms with Gasteiger partial charge in [0.1, 0.15) is 30.5 Å². The maximum absolute atomic E-state index is 9.45. The van der Waals surface area contributed by atoms with E-state index in [-0.39, 0.29) is 62.0 Å². The van der Waals surface area contributed by atoms with Crippen molar-refractivity contribution in [2.75, 3.05) is 0 Å². The molecule has 0 aromatic carbocycles. The molecular weight excluding hydrogens is 466 g/mol. The predicted molar refractivity (Wildman–Crippen MR) is 98.8 cm³/mol. The Morgan fingerprint density at radius 2 is 0.438 bits per heavy atom. The SMILES string of the molecule is CC(O)C(=O)O.CC(O)C(=O)O.CC(O)C(=O)O.CC(O)C(=O)O.CC(O)C(=O)O.[H-].[H-].[Na+].[Na+]. The van der Waals surface area contributed by atoms with Crippen LogP contribution in [0.15, 0.2) is 0 Å². The molecule has 0 saturated heterocycles. The Morgan fingerprint density at radius 3 is 0.438 bits per heavy atom. The van der Waals surface area contributed by atoms with Crippen molar-refractivity contribution in [1.82, 2.24) is 0 Å². The average Bonchev–Trinajstić information content (AvgIpc) is 2.56. The molecule has 0 fully saturated rings. The molecule has 0 aromatic heterocycles. The topological polar surface area (TPSA) is 288 Å². The monoisotopic (exact) mass is 498 g/mol. The average molecular weight is 498 g/mol. The Labute approximate surface area is 230 Å². The van der Waals surface area contributed by atoms with E-state index in [9.17, 15) is 24.0 Å². The molecule has 5 atom stereocenters. The van der Waals surface area contributed by atoms with Crippen LogP contribution in [-0.4, -0.2) is 111 Å². The van der Waals surface area contributed by atoms with Crippen molar-refractivity contribution in [1.29, 1.82) is 0 Å². The van der Waals surface area contributed by atoms with Crippen LogP contribution in [0.2, 0.25) is 0 Å². The number of carboxylic acids is 5. The number of aliphatic hydroxyl groups excluding tert-OH is 5. The summed E-state index contributed by atoms with van der Waals surface area (Å²) in [5.41, 5.74) is 0. The van der Waals surface area contributed by atoms with Gasteiger partial charge >= 0.3 is 89.0 Å². The molecule has 0 amide bonds. The molecule has 0 rings (SSSR count). The molecule has 15 nitrogen and oxygen atoms in total. The van der Waals surface area contributed by atoms with E-state index in [0.717, 1.165) is 0 Å². The van der Waals surface area contributed by atoms with Crippen LogP contribution in [0.4, 0.5) is 0 Å². The standard InChI is InChI=1S/5C3H6O3.2Na.2H/c5*1-2(4)3(5)6;;;;/h5*2,4H,1H3,(H,5,6);;;;/q;;;;;2*+1;2*-1. The molecule has 0 spiro atoms. The van der Waals surface area contributed by atoms with Crippen molar-refractivity contribution in [3.8, 4) is 0 Å². The van der Waals surface area contributed by atoms with Crippen LogP contribution in [-0.2, 0) is 24.0 Å². The second-order valence-electron chi connectivity index (χ2n) is 5.07. The first-order valence-electron chi connectivity index (χ1n) is 7.76. The minimum absolute atomic E-state index is 0. The molecule has 17 heteroatoms. The maximum Gasteiger partial charge on any atom is 1.00 e. The summed E-state index contributed by atoms with van der Waals surface area (Å²) < 4.78 is 0. The van der Waals surface area contributed by atoms with E-state index in [2.05, 4.69) is 0 Å². The zero-order valence-corrected chi connectivity index (χ0v) is 22.9. The van der Waals surface area contributed by atoms with Crippen LogP contribution < -0.4 is 59.1 Å². The second-order valence-corrected chi connectivity index (χ2v) is 5.07. The van der Waals surface area contributed by atoms with Crippen LogP contribution in [0.5, 0.6) is 0 Å². The van der Waals surface area contributed by atoms with Gasteiger partial charge in [-0.25, -0.2) is 24.0 Å². The Kier molecular flexibility index (Phi) is 45.7. The first-order valence-corrected chi connectivity index (χ1v) is 7.76. The van der Waals surface area contributed by atoms with E-state index < -0.39 is 60.4 Å². The van der Waals surface area contributed by atoms with Gasteiger partial charge < -0.3 is 53.9 Å². The van der Waals surface area contributed by atoms with E-state index in [4.69, 9.17) is 51.1 Å². The van der Waals surface area contributed by atoms with Gasteiger partial charge in [-0.2, -0.15) is 0 Å². The predicted octanol–water partition coefficient (Wildman–Crippen LogP) is -8.51. The number of hydrogen-bond donors (Lipinski definition) is 10. The van der Waals surface area contributed by atoms with E-state index in [1.165, 1.54) is 34.6 Å².